The number of nitrogens with one attached hydrogen (secondary N) is 1. The van der Waals surface area contributed by atoms with E-state index >= 15 is 0 Å². The Hall–Kier alpha value is -1.15. The molecule has 28 heavy (non-hydrogen) atoms. The molecule has 1 saturated carbocycles. The van der Waals surface area contributed by atoms with E-state index in [2.05, 4.69) is 5.32 Å². The van der Waals surface area contributed by atoms with E-state index in [9.17, 15) is 13.2 Å². The second-order valence-electron chi connectivity index (χ2n) is 7.86. The Morgan fingerprint density at radius 3 is 2.50 bits per heavy atom. The maximum absolute atomic E-state index is 13.1. The average molecular weight is 428 g/mol. The lowest BCUT2D eigenvalue weighted by Crippen LogP contribution is -2.52. The largest absolute Gasteiger partial charge is 0.352 e. The van der Waals surface area contributed by atoms with Crippen molar-refractivity contribution in [3.63, 3.8) is 0 Å². The zero-order valence-electron chi connectivity index (χ0n) is 16.4. The van der Waals surface area contributed by atoms with Gasteiger partial charge in [-0.1, -0.05) is 43.0 Å². The quantitative estimate of drug-likeness (QED) is 0.757. The van der Waals surface area contributed by atoms with E-state index in [0.717, 1.165) is 31.2 Å². The molecule has 0 spiro atoms. The number of halogens is 1. The van der Waals surface area contributed by atoms with Gasteiger partial charge in [0, 0.05) is 37.7 Å². The monoisotopic (exact) mass is 427 g/mol. The number of benzene rings is 1. The summed E-state index contributed by atoms with van der Waals surface area (Å²) in [6.07, 6.45) is 6.62. The molecule has 0 unspecified atom stereocenters. The molecule has 1 N–H and O–H groups in total. The summed E-state index contributed by atoms with van der Waals surface area (Å²) in [7, 11) is -1.84. The summed E-state index contributed by atoms with van der Waals surface area (Å²) in [6.45, 7) is 1.16. The van der Waals surface area contributed by atoms with Crippen LogP contribution in [0.5, 0.6) is 0 Å². The van der Waals surface area contributed by atoms with Crippen molar-refractivity contribution < 1.29 is 13.2 Å². The molecule has 1 saturated heterocycles. The predicted molar refractivity (Wildman–Crippen MR) is 111 cm³/mol. The van der Waals surface area contributed by atoms with Crippen molar-refractivity contribution in [2.24, 2.45) is 5.92 Å². The molecule has 1 atom stereocenters. The summed E-state index contributed by atoms with van der Waals surface area (Å²) in [5, 5.41) is 3.59. The Kier molecular flexibility index (Phi) is 7.36. The lowest BCUT2D eigenvalue weighted by Gasteiger charge is -2.37. The van der Waals surface area contributed by atoms with Crippen LogP contribution in [0.25, 0.3) is 0 Å². The molecule has 1 amide bonds. The topological polar surface area (TPSA) is 69.7 Å². The van der Waals surface area contributed by atoms with Crippen molar-refractivity contribution >= 4 is 27.7 Å². The van der Waals surface area contributed by atoms with Gasteiger partial charge in [-0.15, -0.1) is 0 Å². The van der Waals surface area contributed by atoms with E-state index in [1.165, 1.54) is 10.7 Å². The second kappa shape index (κ2) is 9.57. The molecular weight excluding hydrogens is 398 g/mol. The van der Waals surface area contributed by atoms with Crippen molar-refractivity contribution in [3.8, 4) is 0 Å². The zero-order valence-corrected chi connectivity index (χ0v) is 18.0. The van der Waals surface area contributed by atoms with Crippen LogP contribution >= 0.6 is 11.6 Å². The Bertz CT molecular complexity index is 763. The van der Waals surface area contributed by atoms with Crippen molar-refractivity contribution in [1.82, 2.24) is 13.9 Å². The van der Waals surface area contributed by atoms with Crippen LogP contribution in [0.4, 0.5) is 0 Å². The Morgan fingerprint density at radius 2 is 1.82 bits per heavy atom. The molecule has 156 valence electrons. The van der Waals surface area contributed by atoms with E-state index in [1.807, 2.05) is 12.1 Å². The molecule has 1 aliphatic carbocycles. The highest BCUT2D eigenvalue weighted by Crippen LogP contribution is 2.27. The minimum atomic E-state index is -3.53. The lowest BCUT2D eigenvalue weighted by molar-refractivity contribution is -0.126. The highest BCUT2D eigenvalue weighted by Gasteiger charge is 2.37. The molecule has 1 aliphatic heterocycles. The Morgan fingerprint density at radius 1 is 1.14 bits per heavy atom. The minimum Gasteiger partial charge on any atom is -0.352 e. The third-order valence-electron chi connectivity index (χ3n) is 5.91. The summed E-state index contributed by atoms with van der Waals surface area (Å²) in [5.74, 6) is -0.397. The molecule has 0 bridgehead atoms. The highest BCUT2D eigenvalue weighted by atomic mass is 35.5. The van der Waals surface area contributed by atoms with Crippen molar-refractivity contribution in [1.29, 1.82) is 0 Å². The van der Waals surface area contributed by atoms with Crippen LogP contribution in [0.3, 0.4) is 0 Å². The molecule has 2 fully saturated rings. The number of hydrogen-bond acceptors (Lipinski definition) is 3. The fourth-order valence-electron chi connectivity index (χ4n) is 4.12. The normalized spacial score (nSPS) is 22.3. The molecule has 0 aromatic heterocycles. The third kappa shape index (κ3) is 5.26. The maximum atomic E-state index is 13.1. The second-order valence-corrected chi connectivity index (χ2v) is 10.3. The zero-order chi connectivity index (χ0) is 20.1. The number of amides is 1. The molecule has 1 heterocycles. The molecular formula is C20H30ClN3O3S. The fourth-order valence-corrected chi connectivity index (χ4v) is 5.92. The van der Waals surface area contributed by atoms with Crippen LogP contribution in [-0.4, -0.2) is 49.1 Å². The lowest BCUT2D eigenvalue weighted by atomic mass is 9.96. The van der Waals surface area contributed by atoms with Crippen LogP contribution in [-0.2, 0) is 21.5 Å². The number of carbonyl (C=O) groups is 1. The summed E-state index contributed by atoms with van der Waals surface area (Å²) >= 11 is 5.88. The van der Waals surface area contributed by atoms with Gasteiger partial charge in [-0.05, 0) is 43.4 Å². The first-order chi connectivity index (χ1) is 13.4. The molecule has 1 aromatic carbocycles. The number of carbonyl (C=O) groups excluding carboxylic acids is 1. The SMILES string of the molecule is CN(C1CCCCC1)S(=O)(=O)N1CCC[C@@H](C(=O)NCc2ccc(Cl)cc2)C1. The molecule has 0 radical (unpaired) electrons. The first-order valence-electron chi connectivity index (χ1n) is 10.1. The van der Waals surface area contributed by atoms with Gasteiger partial charge in [0.05, 0.1) is 5.92 Å². The van der Waals surface area contributed by atoms with Gasteiger partial charge in [-0.2, -0.15) is 17.0 Å². The van der Waals surface area contributed by atoms with Crippen molar-refractivity contribution in [3.05, 3.63) is 34.9 Å². The molecule has 1 aromatic rings. The van der Waals surface area contributed by atoms with Crippen LogP contribution in [0.15, 0.2) is 24.3 Å². The summed E-state index contributed by atoms with van der Waals surface area (Å²) in [4.78, 5) is 12.6. The first-order valence-corrected chi connectivity index (χ1v) is 11.9. The van der Waals surface area contributed by atoms with E-state index in [0.29, 0.717) is 31.0 Å². The Labute approximate surface area is 173 Å². The average Bonchev–Trinajstić information content (AvgIpc) is 2.73. The van der Waals surface area contributed by atoms with Crippen molar-refractivity contribution in [2.45, 2.75) is 57.5 Å². The van der Waals surface area contributed by atoms with Crippen molar-refractivity contribution in [2.75, 3.05) is 20.1 Å². The van der Waals surface area contributed by atoms with Crippen LogP contribution < -0.4 is 5.32 Å². The van der Waals surface area contributed by atoms with Gasteiger partial charge < -0.3 is 5.32 Å². The maximum Gasteiger partial charge on any atom is 0.281 e. The summed E-state index contributed by atoms with van der Waals surface area (Å²) < 4.78 is 29.2. The van der Waals surface area contributed by atoms with Gasteiger partial charge >= 0.3 is 0 Å². The first kappa shape index (κ1) is 21.6. The van der Waals surface area contributed by atoms with Gasteiger partial charge in [0.25, 0.3) is 10.2 Å². The Balaban J connectivity index is 1.57. The van der Waals surface area contributed by atoms with Gasteiger partial charge in [0.15, 0.2) is 0 Å². The van der Waals surface area contributed by atoms with E-state index < -0.39 is 10.2 Å². The van der Waals surface area contributed by atoms with Crippen LogP contribution in [0, 0.1) is 5.92 Å². The predicted octanol–water partition coefficient (Wildman–Crippen LogP) is 3.18. The minimum absolute atomic E-state index is 0.0813. The van der Waals surface area contributed by atoms with E-state index in [1.54, 1.807) is 23.5 Å². The van der Waals surface area contributed by atoms with Crippen LogP contribution in [0.1, 0.15) is 50.5 Å². The van der Waals surface area contributed by atoms with E-state index in [4.69, 9.17) is 11.6 Å². The summed E-state index contributed by atoms with van der Waals surface area (Å²) in [6, 6.07) is 7.41. The van der Waals surface area contributed by atoms with Gasteiger partial charge in [-0.25, -0.2) is 0 Å². The third-order valence-corrected chi connectivity index (χ3v) is 8.18. The molecule has 3 rings (SSSR count). The number of nitrogens with zero attached hydrogens (tertiary/aromatic N) is 2. The van der Waals surface area contributed by atoms with E-state index in [-0.39, 0.29) is 24.4 Å². The highest BCUT2D eigenvalue weighted by molar-refractivity contribution is 7.86. The van der Waals surface area contributed by atoms with Gasteiger partial charge in [-0.3, -0.25) is 4.79 Å². The number of piperidine rings is 1. The standard InChI is InChI=1S/C20H30ClN3O3S/c1-23(19-7-3-2-4-8-19)28(26,27)24-13-5-6-17(15-24)20(25)22-14-16-9-11-18(21)12-10-16/h9-12,17,19H,2-8,13-15H2,1H3,(H,22,25)/t17-/m1/s1. The fraction of sp³-hybridized carbons (Fsp3) is 0.650. The number of hydrogen-bond donors (Lipinski definition) is 1. The molecule has 6 nitrogen and oxygen atoms in total. The van der Waals surface area contributed by atoms with Gasteiger partial charge in [0.2, 0.25) is 5.91 Å². The van der Waals surface area contributed by atoms with Gasteiger partial charge in [0.1, 0.15) is 0 Å². The summed E-state index contributed by atoms with van der Waals surface area (Å²) in [5.41, 5.74) is 0.968. The smallest absolute Gasteiger partial charge is 0.281 e. The molecule has 2 aliphatic rings. The molecule has 8 heteroatoms. The van der Waals surface area contributed by atoms with Crippen LogP contribution in [0.2, 0.25) is 5.02 Å². The number of rotatable bonds is 6.